The van der Waals surface area contributed by atoms with E-state index in [1.54, 1.807) is 18.2 Å². The molecule has 0 saturated heterocycles. The first-order chi connectivity index (χ1) is 10.6. The van der Waals surface area contributed by atoms with Crippen molar-refractivity contribution in [1.82, 2.24) is 0 Å². The fraction of sp³-hybridized carbons (Fsp3) is 0.0625. The first kappa shape index (κ1) is 12.6. The number of ether oxygens (including phenoxy) is 2. The van der Waals surface area contributed by atoms with E-state index in [2.05, 4.69) is 0 Å². The molecule has 2 aromatic carbocycles. The van der Waals surface area contributed by atoms with Crippen LogP contribution in [0.2, 0.25) is 0 Å². The normalized spacial score (nSPS) is 12.7. The number of hydrogen-bond acceptors (Lipinski definition) is 6. The highest BCUT2D eigenvalue weighted by Crippen LogP contribution is 2.45. The summed E-state index contributed by atoms with van der Waals surface area (Å²) < 4.78 is 16.0. The second-order valence-electron chi connectivity index (χ2n) is 4.82. The Morgan fingerprint density at radius 2 is 1.86 bits per heavy atom. The minimum atomic E-state index is -0.435. The van der Waals surface area contributed by atoms with Crippen molar-refractivity contribution < 1.29 is 24.1 Å². The van der Waals surface area contributed by atoms with E-state index >= 15 is 0 Å². The highest BCUT2D eigenvalue weighted by molar-refractivity contribution is 5.90. The molecule has 22 heavy (non-hydrogen) atoms. The first-order valence-electron chi connectivity index (χ1n) is 6.53. The lowest BCUT2D eigenvalue weighted by Gasteiger charge is -2.07. The minimum absolute atomic E-state index is 0.00466. The van der Waals surface area contributed by atoms with Crippen LogP contribution in [0.1, 0.15) is 0 Å². The van der Waals surface area contributed by atoms with Gasteiger partial charge < -0.3 is 24.1 Å². The zero-order valence-electron chi connectivity index (χ0n) is 11.2. The van der Waals surface area contributed by atoms with Gasteiger partial charge in [0.05, 0.1) is 5.56 Å². The smallest absolute Gasteiger partial charge is 0.231 e. The van der Waals surface area contributed by atoms with E-state index in [0.29, 0.717) is 11.3 Å². The van der Waals surface area contributed by atoms with Gasteiger partial charge in [-0.3, -0.25) is 4.79 Å². The fourth-order valence-electron chi connectivity index (χ4n) is 2.47. The van der Waals surface area contributed by atoms with E-state index in [0.717, 1.165) is 0 Å². The van der Waals surface area contributed by atoms with Crippen molar-refractivity contribution in [3.05, 3.63) is 46.6 Å². The molecule has 1 aliphatic rings. The molecule has 0 aliphatic carbocycles. The van der Waals surface area contributed by atoms with Crippen molar-refractivity contribution in [2.75, 3.05) is 6.79 Å². The first-order valence-corrected chi connectivity index (χ1v) is 6.53. The van der Waals surface area contributed by atoms with Gasteiger partial charge in [-0.05, 0) is 12.1 Å². The lowest BCUT2D eigenvalue weighted by Crippen LogP contribution is -2.01. The Hall–Kier alpha value is -3.15. The van der Waals surface area contributed by atoms with Gasteiger partial charge in [-0.25, -0.2) is 0 Å². The van der Waals surface area contributed by atoms with Crippen molar-refractivity contribution in [3.8, 4) is 34.3 Å². The molecule has 0 saturated carbocycles. The van der Waals surface area contributed by atoms with Crippen molar-refractivity contribution in [2.45, 2.75) is 0 Å². The van der Waals surface area contributed by atoms with Crippen molar-refractivity contribution in [2.24, 2.45) is 0 Å². The number of phenolic OH excluding ortho intramolecular Hbond substituents is 2. The Kier molecular flexibility index (Phi) is 2.53. The van der Waals surface area contributed by atoms with Crippen LogP contribution in [0.3, 0.4) is 0 Å². The Morgan fingerprint density at radius 1 is 1.05 bits per heavy atom. The third kappa shape index (κ3) is 1.70. The molecule has 0 amide bonds. The van der Waals surface area contributed by atoms with E-state index in [4.69, 9.17) is 13.9 Å². The second-order valence-corrected chi connectivity index (χ2v) is 4.82. The fourth-order valence-corrected chi connectivity index (χ4v) is 2.47. The largest absolute Gasteiger partial charge is 0.507 e. The molecule has 2 heterocycles. The molecule has 6 nitrogen and oxygen atoms in total. The van der Waals surface area contributed by atoms with Crippen LogP contribution in [0.25, 0.3) is 22.3 Å². The SMILES string of the molecule is O=c1cc(-c2ccccc2O)oc2cc3c(c(O)c12)OCO3. The molecule has 0 radical (unpaired) electrons. The van der Waals surface area contributed by atoms with Gasteiger partial charge in [0, 0.05) is 12.1 Å². The molecular weight excluding hydrogens is 288 g/mol. The molecule has 0 bridgehead atoms. The third-order valence-corrected chi connectivity index (χ3v) is 3.50. The Bertz CT molecular complexity index is 957. The molecule has 1 aromatic heterocycles. The van der Waals surface area contributed by atoms with Gasteiger partial charge in [-0.2, -0.15) is 0 Å². The number of benzene rings is 2. The summed E-state index contributed by atoms with van der Waals surface area (Å²) in [5.74, 6) is 0.337. The molecule has 0 atom stereocenters. The number of para-hydroxylation sites is 1. The van der Waals surface area contributed by atoms with Gasteiger partial charge in [-0.15, -0.1) is 0 Å². The summed E-state index contributed by atoms with van der Waals surface area (Å²) in [6, 6.07) is 9.22. The van der Waals surface area contributed by atoms with Crippen molar-refractivity contribution in [1.29, 1.82) is 0 Å². The molecule has 0 unspecified atom stereocenters. The number of hydrogen-bond donors (Lipinski definition) is 2. The molecule has 0 spiro atoms. The summed E-state index contributed by atoms with van der Waals surface area (Å²) in [5, 5.41) is 20.1. The van der Waals surface area contributed by atoms with Crippen molar-refractivity contribution >= 4 is 11.0 Å². The summed E-state index contributed by atoms with van der Waals surface area (Å²) in [6.45, 7) is -0.0280. The third-order valence-electron chi connectivity index (χ3n) is 3.50. The zero-order chi connectivity index (χ0) is 15.3. The summed E-state index contributed by atoms with van der Waals surface area (Å²) in [5.41, 5.74) is 0.112. The highest BCUT2D eigenvalue weighted by Gasteiger charge is 2.24. The van der Waals surface area contributed by atoms with E-state index in [1.165, 1.54) is 18.2 Å². The second kappa shape index (κ2) is 4.42. The predicted molar refractivity (Wildman–Crippen MR) is 77.4 cm³/mol. The highest BCUT2D eigenvalue weighted by atomic mass is 16.7. The quantitative estimate of drug-likeness (QED) is 0.718. The topological polar surface area (TPSA) is 89.1 Å². The standard InChI is InChI=1S/C16H10O6/c17-9-4-2-1-3-8(9)11-5-10(18)14-12(22-11)6-13-16(15(14)19)21-7-20-13/h1-6,17,19H,7H2. The lowest BCUT2D eigenvalue weighted by atomic mass is 10.1. The van der Waals surface area contributed by atoms with Crippen LogP contribution in [-0.4, -0.2) is 17.0 Å². The number of phenols is 2. The van der Waals surface area contributed by atoms with Gasteiger partial charge >= 0.3 is 0 Å². The minimum Gasteiger partial charge on any atom is -0.507 e. The number of aromatic hydroxyl groups is 2. The van der Waals surface area contributed by atoms with Crippen molar-refractivity contribution in [3.63, 3.8) is 0 Å². The van der Waals surface area contributed by atoms with Crippen LogP contribution >= 0.6 is 0 Å². The van der Waals surface area contributed by atoms with Crippen LogP contribution in [-0.2, 0) is 0 Å². The van der Waals surface area contributed by atoms with Gasteiger partial charge in [-0.1, -0.05) is 12.1 Å². The summed E-state index contributed by atoms with van der Waals surface area (Å²) in [6.07, 6.45) is 0. The zero-order valence-corrected chi connectivity index (χ0v) is 11.2. The van der Waals surface area contributed by atoms with E-state index < -0.39 is 5.43 Å². The number of fused-ring (bicyclic) bond motifs is 2. The molecule has 0 fully saturated rings. The Morgan fingerprint density at radius 3 is 2.68 bits per heavy atom. The summed E-state index contributed by atoms with van der Waals surface area (Å²) >= 11 is 0. The Labute approximate surface area is 123 Å². The molecule has 110 valence electrons. The number of rotatable bonds is 1. The lowest BCUT2D eigenvalue weighted by molar-refractivity contribution is 0.171. The van der Waals surface area contributed by atoms with Crippen LogP contribution in [0, 0.1) is 0 Å². The monoisotopic (exact) mass is 298 g/mol. The predicted octanol–water partition coefficient (Wildman–Crippen LogP) is 2.60. The van der Waals surface area contributed by atoms with Gasteiger partial charge in [0.15, 0.2) is 16.9 Å². The van der Waals surface area contributed by atoms with Gasteiger partial charge in [0.25, 0.3) is 0 Å². The maximum atomic E-state index is 12.3. The maximum Gasteiger partial charge on any atom is 0.231 e. The molecular formula is C16H10O6. The van der Waals surface area contributed by atoms with Crippen LogP contribution in [0.15, 0.2) is 45.6 Å². The van der Waals surface area contributed by atoms with Crippen LogP contribution in [0.4, 0.5) is 0 Å². The Balaban J connectivity index is 2.04. The summed E-state index contributed by atoms with van der Waals surface area (Å²) in [4.78, 5) is 12.3. The molecule has 2 N–H and O–H groups in total. The van der Waals surface area contributed by atoms with E-state index in [1.807, 2.05) is 0 Å². The van der Waals surface area contributed by atoms with Crippen LogP contribution < -0.4 is 14.9 Å². The molecule has 6 heteroatoms. The van der Waals surface area contributed by atoms with E-state index in [-0.39, 0.29) is 40.8 Å². The molecule has 1 aliphatic heterocycles. The maximum absolute atomic E-state index is 12.3. The van der Waals surface area contributed by atoms with Gasteiger partial charge in [0.1, 0.15) is 22.5 Å². The molecule has 3 aromatic rings. The van der Waals surface area contributed by atoms with Gasteiger partial charge in [0.2, 0.25) is 12.5 Å². The van der Waals surface area contributed by atoms with E-state index in [9.17, 15) is 15.0 Å². The average molecular weight is 298 g/mol. The van der Waals surface area contributed by atoms with Crippen LogP contribution in [0.5, 0.6) is 23.0 Å². The summed E-state index contributed by atoms with van der Waals surface area (Å²) in [7, 11) is 0. The molecule has 4 rings (SSSR count). The average Bonchev–Trinajstić information content (AvgIpc) is 2.96.